The molecule has 1 atom stereocenters. The van der Waals surface area contributed by atoms with Crippen molar-refractivity contribution in [2.45, 2.75) is 39.8 Å². The third-order valence-corrected chi connectivity index (χ3v) is 5.26. The molecule has 8 heteroatoms. The van der Waals surface area contributed by atoms with Gasteiger partial charge in [-0.05, 0) is 20.3 Å². The summed E-state index contributed by atoms with van der Waals surface area (Å²) >= 11 is 1.12. The first-order valence-electron chi connectivity index (χ1n) is 8.35. The molecule has 1 aromatic rings. The molecular weight excluding hydrogens is 328 g/mol. The van der Waals surface area contributed by atoms with Crippen LogP contribution in [-0.2, 0) is 16.1 Å². The maximum atomic E-state index is 12.4. The Kier molecular flexibility index (Phi) is 6.56. The number of piperazine rings is 1. The fourth-order valence-electron chi connectivity index (χ4n) is 2.61. The van der Waals surface area contributed by atoms with E-state index in [0.29, 0.717) is 32.7 Å². The summed E-state index contributed by atoms with van der Waals surface area (Å²) in [6, 6.07) is 0.188. The first-order chi connectivity index (χ1) is 11.4. The number of thiazole rings is 1. The Hall–Kier alpha value is -1.67. The average Bonchev–Trinajstić information content (AvgIpc) is 2.87. The predicted octanol–water partition coefficient (Wildman–Crippen LogP) is 0.277. The first kappa shape index (κ1) is 18.7. The first-order valence-corrected chi connectivity index (χ1v) is 9.23. The largest absolute Gasteiger partial charge is 0.353 e. The van der Waals surface area contributed by atoms with Crippen LogP contribution in [0.4, 0.5) is 0 Å². The molecule has 0 saturated carbocycles. The topological polar surface area (TPSA) is 74.7 Å². The highest BCUT2D eigenvalue weighted by Crippen LogP contribution is 2.05. The molecular formula is C16H26N4O3S. The molecule has 1 saturated heterocycles. The zero-order valence-electron chi connectivity index (χ0n) is 14.6. The Morgan fingerprint density at radius 3 is 2.46 bits per heavy atom. The van der Waals surface area contributed by atoms with Gasteiger partial charge in [0.2, 0.25) is 11.8 Å². The standard InChI is InChI=1S/C16H26N4O3S/c1-4-12(2)17-14(21)9-18-5-7-19(8-6-18)15(22)10-20-13(3)11-24-16(20)23/h11-12H,4-10H2,1-3H3,(H,17,21). The van der Waals surface area contributed by atoms with Gasteiger partial charge in [0, 0.05) is 43.3 Å². The summed E-state index contributed by atoms with van der Waals surface area (Å²) in [4.78, 5) is 39.7. The van der Waals surface area contributed by atoms with Crippen molar-refractivity contribution < 1.29 is 9.59 Å². The van der Waals surface area contributed by atoms with Gasteiger partial charge in [-0.15, -0.1) is 0 Å². The van der Waals surface area contributed by atoms with Gasteiger partial charge in [-0.25, -0.2) is 0 Å². The lowest BCUT2D eigenvalue weighted by Crippen LogP contribution is -2.52. The fraction of sp³-hybridized carbons (Fsp3) is 0.688. The van der Waals surface area contributed by atoms with E-state index in [1.807, 2.05) is 20.8 Å². The number of nitrogens with one attached hydrogen (secondary N) is 1. The molecule has 1 aromatic heterocycles. The second-order valence-electron chi connectivity index (χ2n) is 6.26. The van der Waals surface area contributed by atoms with Crippen LogP contribution < -0.4 is 10.2 Å². The van der Waals surface area contributed by atoms with Crippen molar-refractivity contribution >= 4 is 23.2 Å². The highest BCUT2D eigenvalue weighted by Gasteiger charge is 2.23. The summed E-state index contributed by atoms with van der Waals surface area (Å²) in [5.41, 5.74) is 0.818. The van der Waals surface area contributed by atoms with Gasteiger partial charge in [0.25, 0.3) is 0 Å². The van der Waals surface area contributed by atoms with Crippen LogP contribution in [0, 0.1) is 6.92 Å². The van der Waals surface area contributed by atoms with Crippen molar-refractivity contribution in [2.24, 2.45) is 0 Å². The van der Waals surface area contributed by atoms with Gasteiger partial charge in [-0.3, -0.25) is 23.9 Å². The molecule has 2 heterocycles. The maximum Gasteiger partial charge on any atom is 0.307 e. The Balaban J connectivity index is 1.79. The van der Waals surface area contributed by atoms with Crippen LogP contribution in [0.1, 0.15) is 26.0 Å². The summed E-state index contributed by atoms with van der Waals surface area (Å²) in [5, 5.41) is 4.72. The number of aryl methyl sites for hydroxylation is 1. The molecule has 134 valence electrons. The SMILES string of the molecule is CCC(C)NC(=O)CN1CCN(C(=O)Cn2c(C)csc2=O)CC1. The minimum Gasteiger partial charge on any atom is -0.353 e. The average molecular weight is 354 g/mol. The molecule has 0 radical (unpaired) electrons. The normalized spacial score (nSPS) is 16.9. The second kappa shape index (κ2) is 8.43. The summed E-state index contributed by atoms with van der Waals surface area (Å²) in [7, 11) is 0. The maximum absolute atomic E-state index is 12.4. The quantitative estimate of drug-likeness (QED) is 0.796. The van der Waals surface area contributed by atoms with Crippen LogP contribution in [0.15, 0.2) is 10.2 Å². The monoisotopic (exact) mass is 354 g/mol. The van der Waals surface area contributed by atoms with E-state index in [4.69, 9.17) is 0 Å². The van der Waals surface area contributed by atoms with Crippen LogP contribution >= 0.6 is 11.3 Å². The lowest BCUT2D eigenvalue weighted by atomic mass is 10.2. The minimum atomic E-state index is -0.0961. The molecule has 1 aliphatic rings. The van der Waals surface area contributed by atoms with Gasteiger partial charge in [-0.2, -0.15) is 0 Å². The smallest absolute Gasteiger partial charge is 0.307 e. The molecule has 24 heavy (non-hydrogen) atoms. The van der Waals surface area contributed by atoms with Gasteiger partial charge < -0.3 is 10.2 Å². The molecule has 1 unspecified atom stereocenters. The Morgan fingerprint density at radius 2 is 1.92 bits per heavy atom. The van der Waals surface area contributed by atoms with E-state index in [-0.39, 0.29) is 29.3 Å². The van der Waals surface area contributed by atoms with Crippen molar-refractivity contribution in [1.82, 2.24) is 19.7 Å². The zero-order chi connectivity index (χ0) is 17.7. The molecule has 2 amide bonds. The number of aromatic nitrogens is 1. The Morgan fingerprint density at radius 1 is 1.25 bits per heavy atom. The van der Waals surface area contributed by atoms with E-state index in [0.717, 1.165) is 23.5 Å². The van der Waals surface area contributed by atoms with Crippen molar-refractivity contribution in [2.75, 3.05) is 32.7 Å². The predicted molar refractivity (Wildman–Crippen MR) is 94.2 cm³/mol. The van der Waals surface area contributed by atoms with Crippen molar-refractivity contribution in [3.8, 4) is 0 Å². The molecule has 1 fully saturated rings. The van der Waals surface area contributed by atoms with Gasteiger partial charge in [0.15, 0.2) is 0 Å². The molecule has 2 rings (SSSR count). The van der Waals surface area contributed by atoms with Crippen LogP contribution in [0.3, 0.4) is 0 Å². The van der Waals surface area contributed by atoms with Gasteiger partial charge in [0.05, 0.1) is 6.54 Å². The van der Waals surface area contributed by atoms with Crippen LogP contribution in [0.2, 0.25) is 0 Å². The summed E-state index contributed by atoms with van der Waals surface area (Å²) < 4.78 is 1.51. The second-order valence-corrected chi connectivity index (χ2v) is 7.08. The fourth-order valence-corrected chi connectivity index (χ4v) is 3.35. The van der Waals surface area contributed by atoms with Crippen molar-refractivity contribution in [3.63, 3.8) is 0 Å². The van der Waals surface area contributed by atoms with Gasteiger partial charge in [0.1, 0.15) is 6.54 Å². The van der Waals surface area contributed by atoms with E-state index in [2.05, 4.69) is 10.2 Å². The molecule has 0 bridgehead atoms. The molecule has 0 aromatic carbocycles. The van der Waals surface area contributed by atoms with E-state index in [1.165, 1.54) is 4.57 Å². The third-order valence-electron chi connectivity index (χ3n) is 4.38. The molecule has 0 aliphatic carbocycles. The number of carbonyl (C=O) groups is 2. The Labute approximate surface area is 146 Å². The summed E-state index contributed by atoms with van der Waals surface area (Å²) in [6.45, 7) is 8.87. The number of amides is 2. The van der Waals surface area contributed by atoms with Crippen LogP contribution in [0.25, 0.3) is 0 Å². The number of hydrogen-bond donors (Lipinski definition) is 1. The lowest BCUT2D eigenvalue weighted by molar-refractivity contribution is -0.134. The minimum absolute atomic E-state index is 0.0320. The third kappa shape index (κ3) is 4.91. The zero-order valence-corrected chi connectivity index (χ0v) is 15.4. The van der Waals surface area contributed by atoms with E-state index >= 15 is 0 Å². The highest BCUT2D eigenvalue weighted by atomic mass is 32.1. The lowest BCUT2D eigenvalue weighted by Gasteiger charge is -2.34. The van der Waals surface area contributed by atoms with Crippen molar-refractivity contribution in [1.29, 1.82) is 0 Å². The number of hydrogen-bond acceptors (Lipinski definition) is 5. The van der Waals surface area contributed by atoms with Crippen LogP contribution in [-0.4, -0.2) is 64.9 Å². The van der Waals surface area contributed by atoms with E-state index in [1.54, 1.807) is 10.3 Å². The molecule has 1 N–H and O–H groups in total. The number of carbonyl (C=O) groups excluding carboxylic acids is 2. The van der Waals surface area contributed by atoms with E-state index < -0.39 is 0 Å². The van der Waals surface area contributed by atoms with Crippen molar-refractivity contribution in [3.05, 3.63) is 20.7 Å². The number of nitrogens with zero attached hydrogens (tertiary/aromatic N) is 3. The summed E-state index contributed by atoms with van der Waals surface area (Å²) in [5.74, 6) is -0.00752. The Bertz CT molecular complexity index is 632. The molecule has 7 nitrogen and oxygen atoms in total. The highest BCUT2D eigenvalue weighted by molar-refractivity contribution is 7.07. The number of rotatable bonds is 6. The van der Waals surface area contributed by atoms with Gasteiger partial charge in [-0.1, -0.05) is 18.3 Å². The van der Waals surface area contributed by atoms with E-state index in [9.17, 15) is 14.4 Å². The van der Waals surface area contributed by atoms with Crippen LogP contribution in [0.5, 0.6) is 0 Å². The summed E-state index contributed by atoms with van der Waals surface area (Å²) in [6.07, 6.45) is 0.912. The molecule has 0 spiro atoms. The molecule has 1 aliphatic heterocycles. The van der Waals surface area contributed by atoms with Gasteiger partial charge >= 0.3 is 4.87 Å².